The normalized spacial score (nSPS) is 14.9. The SMILES string of the molecule is CC(=O)NC1=CC=CC=CC=C1. The van der Waals surface area contributed by atoms with E-state index in [2.05, 4.69) is 5.32 Å². The minimum atomic E-state index is -0.0520. The summed E-state index contributed by atoms with van der Waals surface area (Å²) in [6.07, 6.45) is 13.2. The van der Waals surface area contributed by atoms with Gasteiger partial charge >= 0.3 is 0 Å². The van der Waals surface area contributed by atoms with Crippen molar-refractivity contribution in [2.24, 2.45) is 0 Å². The van der Waals surface area contributed by atoms with Crippen molar-refractivity contribution >= 4 is 5.91 Å². The number of carbonyl (C=O) groups is 1. The maximum Gasteiger partial charge on any atom is 0.221 e. The molecule has 0 atom stereocenters. The molecule has 0 aromatic rings. The Hall–Kier alpha value is -1.57. The Morgan fingerprint density at radius 2 is 1.83 bits per heavy atom. The van der Waals surface area contributed by atoms with Crippen molar-refractivity contribution in [1.82, 2.24) is 5.32 Å². The van der Waals surface area contributed by atoms with Crippen molar-refractivity contribution in [3.8, 4) is 0 Å². The summed E-state index contributed by atoms with van der Waals surface area (Å²) in [6.45, 7) is 1.49. The first-order valence-corrected chi connectivity index (χ1v) is 3.78. The van der Waals surface area contributed by atoms with Crippen molar-refractivity contribution in [1.29, 1.82) is 0 Å². The molecule has 1 N–H and O–H groups in total. The van der Waals surface area contributed by atoms with Gasteiger partial charge in [0.25, 0.3) is 0 Å². The lowest BCUT2D eigenvalue weighted by molar-refractivity contribution is -0.118. The average molecular weight is 161 g/mol. The number of nitrogens with one attached hydrogen (secondary N) is 1. The van der Waals surface area contributed by atoms with E-state index in [4.69, 9.17) is 0 Å². The molecule has 2 nitrogen and oxygen atoms in total. The van der Waals surface area contributed by atoms with Gasteiger partial charge in [-0.15, -0.1) is 0 Å². The molecule has 1 aliphatic carbocycles. The van der Waals surface area contributed by atoms with Crippen LogP contribution in [0.15, 0.2) is 48.2 Å². The summed E-state index contributed by atoms with van der Waals surface area (Å²) in [6, 6.07) is 0. The van der Waals surface area contributed by atoms with Gasteiger partial charge in [-0.25, -0.2) is 0 Å². The first-order valence-electron chi connectivity index (χ1n) is 3.78. The number of hydrogen-bond acceptors (Lipinski definition) is 1. The van der Waals surface area contributed by atoms with Gasteiger partial charge in [-0.3, -0.25) is 4.79 Å². The zero-order valence-electron chi connectivity index (χ0n) is 6.95. The number of rotatable bonds is 1. The highest BCUT2D eigenvalue weighted by Gasteiger charge is 1.92. The van der Waals surface area contributed by atoms with Crippen LogP contribution in [0.3, 0.4) is 0 Å². The van der Waals surface area contributed by atoms with Crippen LogP contribution >= 0.6 is 0 Å². The van der Waals surface area contributed by atoms with Crippen molar-refractivity contribution in [2.45, 2.75) is 6.92 Å². The van der Waals surface area contributed by atoms with E-state index in [1.54, 1.807) is 0 Å². The standard InChI is InChI=1S/C10H11NO/c1-9(12)11-10-7-5-3-2-4-6-8-10/h2-8H,1H3,(H,11,12). The summed E-state index contributed by atoms with van der Waals surface area (Å²) < 4.78 is 0. The van der Waals surface area contributed by atoms with Gasteiger partial charge in [0, 0.05) is 12.6 Å². The maximum atomic E-state index is 10.7. The van der Waals surface area contributed by atoms with Gasteiger partial charge in [0.05, 0.1) is 0 Å². The van der Waals surface area contributed by atoms with Crippen LogP contribution in [0.1, 0.15) is 6.92 Å². The molecule has 0 fully saturated rings. The second kappa shape index (κ2) is 4.34. The van der Waals surface area contributed by atoms with E-state index in [9.17, 15) is 4.79 Å². The number of hydrogen-bond donors (Lipinski definition) is 1. The Bertz CT molecular complexity index is 282. The van der Waals surface area contributed by atoms with E-state index in [1.807, 2.05) is 42.5 Å². The van der Waals surface area contributed by atoms with E-state index in [0.717, 1.165) is 5.70 Å². The predicted octanol–water partition coefficient (Wildman–Crippen LogP) is 1.69. The molecule has 2 heteroatoms. The minimum Gasteiger partial charge on any atom is -0.326 e. The highest BCUT2D eigenvalue weighted by Crippen LogP contribution is 1.97. The number of amides is 1. The molecule has 1 amide bonds. The zero-order valence-corrected chi connectivity index (χ0v) is 6.95. The van der Waals surface area contributed by atoms with Crippen LogP contribution in [0.4, 0.5) is 0 Å². The fourth-order valence-electron chi connectivity index (χ4n) is 0.853. The molecule has 0 heterocycles. The Morgan fingerprint density at radius 3 is 2.58 bits per heavy atom. The summed E-state index contributed by atoms with van der Waals surface area (Å²) in [5.41, 5.74) is 0.808. The quantitative estimate of drug-likeness (QED) is 0.623. The smallest absolute Gasteiger partial charge is 0.221 e. The van der Waals surface area contributed by atoms with E-state index >= 15 is 0 Å². The molecule has 0 aromatic carbocycles. The Kier molecular flexibility index (Phi) is 3.08. The topological polar surface area (TPSA) is 29.1 Å². The van der Waals surface area contributed by atoms with E-state index < -0.39 is 0 Å². The Labute approximate surface area is 72.0 Å². The molecule has 12 heavy (non-hydrogen) atoms. The van der Waals surface area contributed by atoms with Crippen molar-refractivity contribution in [2.75, 3.05) is 0 Å². The molecule has 0 aromatic heterocycles. The third-order valence-electron chi connectivity index (χ3n) is 1.32. The Morgan fingerprint density at radius 1 is 1.17 bits per heavy atom. The molecule has 1 rings (SSSR count). The summed E-state index contributed by atoms with van der Waals surface area (Å²) in [5.74, 6) is -0.0520. The second-order valence-corrected chi connectivity index (χ2v) is 2.43. The van der Waals surface area contributed by atoms with Gasteiger partial charge in [-0.05, 0) is 12.2 Å². The maximum absolute atomic E-state index is 10.7. The fourth-order valence-corrected chi connectivity index (χ4v) is 0.853. The fraction of sp³-hybridized carbons (Fsp3) is 0.100. The molecule has 0 bridgehead atoms. The van der Waals surface area contributed by atoms with Gasteiger partial charge in [0.1, 0.15) is 0 Å². The lowest BCUT2D eigenvalue weighted by atomic mass is 10.2. The van der Waals surface area contributed by atoms with Gasteiger partial charge in [-0.1, -0.05) is 30.4 Å². The number of allylic oxidation sites excluding steroid dienone is 7. The molecule has 62 valence electrons. The average Bonchev–Trinajstić information content (AvgIpc) is 1.93. The molecular weight excluding hydrogens is 150 g/mol. The van der Waals surface area contributed by atoms with Gasteiger partial charge in [0.2, 0.25) is 5.91 Å². The van der Waals surface area contributed by atoms with Crippen molar-refractivity contribution in [3.05, 3.63) is 48.2 Å². The van der Waals surface area contributed by atoms with Crippen LogP contribution in [-0.4, -0.2) is 5.91 Å². The molecule has 0 radical (unpaired) electrons. The first-order chi connectivity index (χ1) is 5.79. The third-order valence-corrected chi connectivity index (χ3v) is 1.32. The van der Waals surface area contributed by atoms with Crippen LogP contribution in [0.25, 0.3) is 0 Å². The lowest BCUT2D eigenvalue weighted by Gasteiger charge is -2.00. The highest BCUT2D eigenvalue weighted by molar-refractivity contribution is 5.75. The van der Waals surface area contributed by atoms with Crippen LogP contribution in [-0.2, 0) is 4.79 Å². The summed E-state index contributed by atoms with van der Waals surface area (Å²) in [5, 5.41) is 2.70. The molecule has 0 unspecified atom stereocenters. The zero-order chi connectivity index (χ0) is 8.81. The highest BCUT2D eigenvalue weighted by atomic mass is 16.1. The van der Waals surface area contributed by atoms with Crippen LogP contribution in [0, 0.1) is 0 Å². The first kappa shape index (κ1) is 8.53. The molecule has 0 aliphatic heterocycles. The third kappa shape index (κ3) is 3.01. The monoisotopic (exact) mass is 161 g/mol. The van der Waals surface area contributed by atoms with Gasteiger partial charge in [-0.2, -0.15) is 0 Å². The van der Waals surface area contributed by atoms with Crippen LogP contribution in [0.5, 0.6) is 0 Å². The van der Waals surface area contributed by atoms with E-state index in [-0.39, 0.29) is 5.91 Å². The second-order valence-electron chi connectivity index (χ2n) is 2.43. The molecule has 1 aliphatic rings. The summed E-state index contributed by atoms with van der Waals surface area (Å²) in [7, 11) is 0. The van der Waals surface area contributed by atoms with Crippen molar-refractivity contribution in [3.63, 3.8) is 0 Å². The minimum absolute atomic E-state index is 0.0520. The van der Waals surface area contributed by atoms with Gasteiger partial charge < -0.3 is 5.32 Å². The van der Waals surface area contributed by atoms with Crippen molar-refractivity contribution < 1.29 is 4.79 Å². The molecular formula is C10H11NO. The summed E-state index contributed by atoms with van der Waals surface area (Å²) >= 11 is 0. The predicted molar refractivity (Wildman–Crippen MR) is 49.3 cm³/mol. The summed E-state index contributed by atoms with van der Waals surface area (Å²) in [4.78, 5) is 10.7. The van der Waals surface area contributed by atoms with E-state index in [1.165, 1.54) is 6.92 Å². The Balaban J connectivity index is 2.69. The van der Waals surface area contributed by atoms with Crippen LogP contribution in [0.2, 0.25) is 0 Å². The largest absolute Gasteiger partial charge is 0.326 e. The van der Waals surface area contributed by atoms with E-state index in [0.29, 0.717) is 0 Å². The molecule has 0 saturated heterocycles. The molecule has 0 saturated carbocycles. The molecule has 0 spiro atoms. The lowest BCUT2D eigenvalue weighted by Crippen LogP contribution is -2.17. The van der Waals surface area contributed by atoms with Crippen LogP contribution < -0.4 is 5.32 Å². The number of carbonyl (C=O) groups excluding carboxylic acids is 1. The van der Waals surface area contributed by atoms with Gasteiger partial charge in [0.15, 0.2) is 0 Å².